The number of sulfonamides is 1. The van der Waals surface area contributed by atoms with E-state index in [9.17, 15) is 13.2 Å². The summed E-state index contributed by atoms with van der Waals surface area (Å²) >= 11 is 0. The lowest BCUT2D eigenvalue weighted by Crippen LogP contribution is -2.36. The molecule has 0 unspecified atom stereocenters. The first kappa shape index (κ1) is 14.4. The number of nitrogens with zero attached hydrogens (tertiary/aromatic N) is 1. The number of hydrogen-bond acceptors (Lipinski definition) is 6. The number of aromatic nitrogens is 1. The first-order valence-electron chi connectivity index (χ1n) is 5.18. The van der Waals surface area contributed by atoms with Crippen LogP contribution in [0.15, 0.2) is 23.2 Å². The molecule has 1 heterocycles. The summed E-state index contributed by atoms with van der Waals surface area (Å²) in [6.45, 7) is 1.88. The van der Waals surface area contributed by atoms with Crippen LogP contribution in [0.3, 0.4) is 0 Å². The number of nitrogens with one attached hydrogen (secondary N) is 3. The van der Waals surface area contributed by atoms with Gasteiger partial charge in [0, 0.05) is 12.7 Å². The number of hydrazine groups is 1. The fourth-order valence-electron chi connectivity index (χ4n) is 1.13. The maximum atomic E-state index is 11.8. The molecule has 1 aromatic heterocycles. The molecule has 0 aliphatic heterocycles. The summed E-state index contributed by atoms with van der Waals surface area (Å²) in [4.78, 5) is 14.9. The number of carbonyl (C=O) groups is 1. The summed E-state index contributed by atoms with van der Waals surface area (Å²) < 4.78 is 25.7. The summed E-state index contributed by atoms with van der Waals surface area (Å²) in [5.41, 5.74) is 2.28. The van der Waals surface area contributed by atoms with Gasteiger partial charge in [-0.2, -0.15) is 0 Å². The third kappa shape index (κ3) is 3.95. The number of anilines is 1. The lowest BCUT2D eigenvalue weighted by molar-refractivity contribution is -0.119. The Morgan fingerprint density at radius 2 is 2.17 bits per heavy atom. The molecular formula is C9H15N5O3S. The zero-order valence-electron chi connectivity index (χ0n) is 9.80. The van der Waals surface area contributed by atoms with Gasteiger partial charge < -0.3 is 10.7 Å². The quantitative estimate of drug-likeness (QED) is 0.380. The molecule has 1 amide bonds. The Morgan fingerprint density at radius 1 is 1.44 bits per heavy atom. The topological polar surface area (TPSA) is 126 Å². The number of rotatable bonds is 6. The van der Waals surface area contributed by atoms with E-state index < -0.39 is 15.9 Å². The first-order valence-corrected chi connectivity index (χ1v) is 6.67. The average molecular weight is 273 g/mol. The number of nitrogen functional groups attached to an aromatic ring is 1. The molecule has 0 aromatic carbocycles. The Morgan fingerprint density at radius 3 is 2.67 bits per heavy atom. The normalized spacial score (nSPS) is 11.0. The van der Waals surface area contributed by atoms with E-state index in [1.165, 1.54) is 12.1 Å². The van der Waals surface area contributed by atoms with Crippen LogP contribution in [0.4, 0.5) is 5.82 Å². The van der Waals surface area contributed by atoms with Gasteiger partial charge in [-0.3, -0.25) is 4.79 Å². The lowest BCUT2D eigenvalue weighted by atomic mass is 10.5. The monoisotopic (exact) mass is 273 g/mol. The minimum absolute atomic E-state index is 0.0363. The number of amides is 1. The van der Waals surface area contributed by atoms with Crippen molar-refractivity contribution in [2.75, 3.05) is 18.5 Å². The fraction of sp³-hybridized carbons (Fsp3) is 0.333. The van der Waals surface area contributed by atoms with Gasteiger partial charge in [0.25, 0.3) is 0 Å². The van der Waals surface area contributed by atoms with Crippen LogP contribution in [0.5, 0.6) is 0 Å². The predicted molar refractivity (Wildman–Crippen MR) is 65.9 cm³/mol. The van der Waals surface area contributed by atoms with Crippen molar-refractivity contribution < 1.29 is 13.2 Å². The molecule has 0 fully saturated rings. The zero-order valence-corrected chi connectivity index (χ0v) is 10.6. The van der Waals surface area contributed by atoms with Crippen LogP contribution >= 0.6 is 0 Å². The van der Waals surface area contributed by atoms with Gasteiger partial charge in [0.1, 0.15) is 10.7 Å². The van der Waals surface area contributed by atoms with E-state index in [2.05, 4.69) is 20.4 Å². The third-order valence-corrected chi connectivity index (χ3v) is 3.38. The van der Waals surface area contributed by atoms with Crippen molar-refractivity contribution in [3.05, 3.63) is 18.3 Å². The largest absolute Gasteiger partial charge is 0.355 e. The van der Waals surface area contributed by atoms with Crippen molar-refractivity contribution in [2.45, 2.75) is 11.8 Å². The number of carbonyl (C=O) groups excluding carboxylic acids is 1. The molecule has 0 atom stereocenters. The summed E-state index contributed by atoms with van der Waals surface area (Å²) in [5.74, 6) is 5.06. The van der Waals surface area contributed by atoms with E-state index >= 15 is 0 Å². The fourth-order valence-corrected chi connectivity index (χ4v) is 2.05. The Labute approximate surface area is 105 Å². The first-order chi connectivity index (χ1) is 8.49. The molecule has 1 aromatic rings. The van der Waals surface area contributed by atoms with Crippen molar-refractivity contribution >= 4 is 21.7 Å². The maximum Gasteiger partial charge on any atom is 0.242 e. The molecule has 9 heteroatoms. The molecule has 8 nitrogen and oxygen atoms in total. The van der Waals surface area contributed by atoms with Gasteiger partial charge in [-0.1, -0.05) is 0 Å². The molecule has 1 rings (SSSR count). The summed E-state index contributed by atoms with van der Waals surface area (Å²) in [5, 5.41) is 2.48. The lowest BCUT2D eigenvalue weighted by Gasteiger charge is -2.07. The van der Waals surface area contributed by atoms with Crippen LogP contribution in [-0.4, -0.2) is 32.4 Å². The highest BCUT2D eigenvalue weighted by atomic mass is 32.2. The van der Waals surface area contributed by atoms with Crippen molar-refractivity contribution in [1.29, 1.82) is 0 Å². The average Bonchev–Trinajstić information content (AvgIpc) is 2.37. The van der Waals surface area contributed by atoms with Gasteiger partial charge in [0.15, 0.2) is 0 Å². The minimum Gasteiger partial charge on any atom is -0.355 e. The van der Waals surface area contributed by atoms with E-state index in [0.717, 1.165) is 6.20 Å². The van der Waals surface area contributed by atoms with Gasteiger partial charge in [-0.05, 0) is 19.1 Å². The molecule has 0 spiro atoms. The molecule has 100 valence electrons. The van der Waals surface area contributed by atoms with Crippen LogP contribution in [-0.2, 0) is 14.8 Å². The van der Waals surface area contributed by atoms with Crippen LogP contribution in [0.2, 0.25) is 0 Å². The van der Waals surface area contributed by atoms with Crippen molar-refractivity contribution in [1.82, 2.24) is 15.0 Å². The van der Waals surface area contributed by atoms with Gasteiger partial charge in [-0.15, -0.1) is 0 Å². The Kier molecular flexibility index (Phi) is 5.01. The number of hydrogen-bond donors (Lipinski definition) is 4. The molecule has 18 heavy (non-hydrogen) atoms. The van der Waals surface area contributed by atoms with Gasteiger partial charge in [0.05, 0.1) is 6.54 Å². The van der Waals surface area contributed by atoms with Crippen LogP contribution in [0.25, 0.3) is 0 Å². The molecule has 0 aliphatic rings. The Hall–Kier alpha value is -1.71. The predicted octanol–water partition coefficient (Wildman–Crippen LogP) is -1.22. The summed E-state index contributed by atoms with van der Waals surface area (Å²) in [6.07, 6.45) is 1.15. The van der Waals surface area contributed by atoms with Crippen molar-refractivity contribution in [3.63, 3.8) is 0 Å². The zero-order chi connectivity index (χ0) is 13.6. The molecule has 0 saturated carbocycles. The van der Waals surface area contributed by atoms with E-state index in [1.807, 2.05) is 0 Å². The van der Waals surface area contributed by atoms with Gasteiger partial charge in [-0.25, -0.2) is 24.0 Å². The van der Waals surface area contributed by atoms with Crippen LogP contribution < -0.4 is 21.3 Å². The van der Waals surface area contributed by atoms with E-state index in [0.29, 0.717) is 12.4 Å². The Balaban J connectivity index is 2.70. The molecule has 0 aliphatic carbocycles. The second kappa shape index (κ2) is 6.28. The van der Waals surface area contributed by atoms with Gasteiger partial charge in [0.2, 0.25) is 15.9 Å². The second-order valence-electron chi connectivity index (χ2n) is 3.30. The minimum atomic E-state index is -3.74. The highest BCUT2D eigenvalue weighted by Gasteiger charge is 2.15. The summed E-state index contributed by atoms with van der Waals surface area (Å²) in [6, 6.07) is 2.75. The van der Waals surface area contributed by atoms with E-state index in [4.69, 9.17) is 5.84 Å². The number of nitrogens with two attached hydrogens (primary N) is 1. The van der Waals surface area contributed by atoms with Crippen LogP contribution in [0, 0.1) is 0 Å². The third-order valence-electron chi connectivity index (χ3n) is 1.99. The Bertz CT molecular complexity index is 499. The highest BCUT2D eigenvalue weighted by molar-refractivity contribution is 7.89. The van der Waals surface area contributed by atoms with Crippen molar-refractivity contribution in [3.8, 4) is 0 Å². The summed E-state index contributed by atoms with van der Waals surface area (Å²) in [7, 11) is -3.74. The maximum absolute atomic E-state index is 11.8. The van der Waals surface area contributed by atoms with Crippen LogP contribution in [0.1, 0.15) is 6.92 Å². The number of pyridine rings is 1. The molecular weight excluding hydrogens is 258 g/mol. The van der Waals surface area contributed by atoms with E-state index in [1.54, 1.807) is 6.92 Å². The molecule has 5 N–H and O–H groups in total. The van der Waals surface area contributed by atoms with Crippen molar-refractivity contribution in [2.24, 2.45) is 5.84 Å². The molecule has 0 radical (unpaired) electrons. The highest BCUT2D eigenvalue weighted by Crippen LogP contribution is 2.09. The van der Waals surface area contributed by atoms with Gasteiger partial charge >= 0.3 is 0 Å². The number of likely N-dealkylation sites (N-methyl/N-ethyl adjacent to an activating group) is 1. The second-order valence-corrected chi connectivity index (χ2v) is 5.07. The van der Waals surface area contributed by atoms with E-state index in [-0.39, 0.29) is 11.4 Å². The standard InChI is InChI=1S/C9H15N5O3S/c1-2-11-9(15)6-13-18(16,17)7-3-4-8(14-10)12-5-7/h3-5,13H,2,6,10H2,1H3,(H,11,15)(H,12,14). The molecule has 0 bridgehead atoms. The SMILES string of the molecule is CCNC(=O)CNS(=O)(=O)c1ccc(NN)nc1. The molecule has 0 saturated heterocycles. The smallest absolute Gasteiger partial charge is 0.242 e.